The van der Waals surface area contributed by atoms with Crippen LogP contribution in [0.15, 0.2) is 47.6 Å². The van der Waals surface area contributed by atoms with Crippen LogP contribution in [0.5, 0.6) is 5.75 Å². The number of halogens is 2. The van der Waals surface area contributed by atoms with Gasteiger partial charge in [-0.05, 0) is 32.2 Å². The van der Waals surface area contributed by atoms with Crippen LogP contribution in [0, 0.1) is 5.82 Å². The summed E-state index contributed by atoms with van der Waals surface area (Å²) in [5, 5.41) is 6.57. The van der Waals surface area contributed by atoms with Crippen molar-refractivity contribution in [2.45, 2.75) is 19.6 Å². The smallest absolute Gasteiger partial charge is 0.191 e. The SMILES string of the molecule is CN=C(NCc1cccnc1N1CCN(C)CC1)NCC(C)Oc1ccccc1F.I. The topological polar surface area (TPSA) is 65.0 Å². The summed E-state index contributed by atoms with van der Waals surface area (Å²) in [6.07, 6.45) is 1.62. The van der Waals surface area contributed by atoms with E-state index in [9.17, 15) is 4.39 Å². The maximum atomic E-state index is 13.7. The zero-order valence-corrected chi connectivity index (χ0v) is 20.7. The van der Waals surface area contributed by atoms with Gasteiger partial charge < -0.3 is 25.2 Å². The molecule has 0 radical (unpaired) electrons. The van der Waals surface area contributed by atoms with Crippen molar-refractivity contribution in [2.24, 2.45) is 4.99 Å². The molecule has 0 spiro atoms. The molecule has 2 heterocycles. The van der Waals surface area contributed by atoms with Crippen LogP contribution in [0.3, 0.4) is 0 Å². The van der Waals surface area contributed by atoms with Crippen molar-refractivity contribution < 1.29 is 9.13 Å². The molecule has 7 nitrogen and oxygen atoms in total. The minimum Gasteiger partial charge on any atom is -0.486 e. The third-order valence-electron chi connectivity index (χ3n) is 5.06. The molecule has 3 rings (SSSR count). The van der Waals surface area contributed by atoms with Gasteiger partial charge in [-0.15, -0.1) is 24.0 Å². The summed E-state index contributed by atoms with van der Waals surface area (Å²) in [4.78, 5) is 13.5. The lowest BCUT2D eigenvalue weighted by Gasteiger charge is -2.34. The standard InChI is InChI=1S/C22H31FN6O.HI/c1-17(30-20-9-5-4-8-19(20)23)15-26-22(24-2)27-16-18-7-6-10-25-21(18)29-13-11-28(3)12-14-29;/h4-10,17H,11-16H2,1-3H3,(H2,24,26,27);1H. The van der Waals surface area contributed by atoms with Gasteiger partial charge in [0, 0.05) is 51.5 Å². The summed E-state index contributed by atoms with van der Waals surface area (Å²) in [6, 6.07) is 10.5. The Balaban J connectivity index is 0.00000341. The summed E-state index contributed by atoms with van der Waals surface area (Å²) in [6.45, 7) is 7.00. The Hall–Kier alpha value is -2.14. The minimum atomic E-state index is -0.361. The van der Waals surface area contributed by atoms with E-state index in [0.717, 1.165) is 37.6 Å². The number of guanidine groups is 1. The van der Waals surface area contributed by atoms with Gasteiger partial charge in [0.15, 0.2) is 17.5 Å². The van der Waals surface area contributed by atoms with Crippen molar-refractivity contribution in [3.05, 3.63) is 54.0 Å². The first kappa shape index (κ1) is 25.1. The van der Waals surface area contributed by atoms with Crippen LogP contribution in [-0.4, -0.2) is 68.8 Å². The normalized spacial score (nSPS) is 15.7. The van der Waals surface area contributed by atoms with Gasteiger partial charge in [-0.25, -0.2) is 9.37 Å². The Morgan fingerprint density at radius 3 is 2.61 bits per heavy atom. The Morgan fingerprint density at radius 2 is 1.90 bits per heavy atom. The van der Waals surface area contributed by atoms with Crippen molar-refractivity contribution in [2.75, 3.05) is 51.7 Å². The minimum absolute atomic E-state index is 0. The third-order valence-corrected chi connectivity index (χ3v) is 5.06. The number of para-hydroxylation sites is 1. The molecule has 0 amide bonds. The Kier molecular flexibility index (Phi) is 10.3. The van der Waals surface area contributed by atoms with Gasteiger partial charge in [-0.2, -0.15) is 0 Å². The lowest BCUT2D eigenvalue weighted by molar-refractivity contribution is 0.214. The molecule has 9 heteroatoms. The zero-order chi connectivity index (χ0) is 21.3. The van der Waals surface area contributed by atoms with Crippen molar-refractivity contribution in [1.29, 1.82) is 0 Å². The Bertz CT molecular complexity index is 844. The van der Waals surface area contributed by atoms with Crippen LogP contribution in [0.25, 0.3) is 0 Å². The molecule has 1 aliphatic rings. The van der Waals surface area contributed by atoms with E-state index in [1.165, 1.54) is 6.07 Å². The second-order valence-corrected chi connectivity index (χ2v) is 7.44. The third kappa shape index (κ3) is 7.49. The number of hydrogen-bond donors (Lipinski definition) is 2. The first-order chi connectivity index (χ1) is 14.6. The van der Waals surface area contributed by atoms with Gasteiger partial charge >= 0.3 is 0 Å². The highest BCUT2D eigenvalue weighted by atomic mass is 127. The predicted molar refractivity (Wildman–Crippen MR) is 134 cm³/mol. The number of ether oxygens (including phenoxy) is 1. The number of aliphatic imine (C=N–C) groups is 1. The number of aromatic nitrogens is 1. The van der Waals surface area contributed by atoms with Gasteiger partial charge in [0.2, 0.25) is 0 Å². The highest BCUT2D eigenvalue weighted by Gasteiger charge is 2.18. The van der Waals surface area contributed by atoms with Crippen LogP contribution in [0.1, 0.15) is 12.5 Å². The van der Waals surface area contributed by atoms with E-state index in [-0.39, 0.29) is 41.6 Å². The second-order valence-electron chi connectivity index (χ2n) is 7.44. The fraction of sp³-hybridized carbons (Fsp3) is 0.455. The molecule has 2 aromatic rings. The quantitative estimate of drug-likeness (QED) is 0.319. The number of anilines is 1. The summed E-state index contributed by atoms with van der Waals surface area (Å²) >= 11 is 0. The lowest BCUT2D eigenvalue weighted by atomic mass is 10.2. The second kappa shape index (κ2) is 12.7. The number of likely N-dealkylation sites (N-methyl/N-ethyl adjacent to an activating group) is 1. The summed E-state index contributed by atoms with van der Waals surface area (Å²) in [5.41, 5.74) is 1.13. The number of hydrogen-bond acceptors (Lipinski definition) is 5. The number of rotatable bonds is 7. The van der Waals surface area contributed by atoms with Gasteiger partial charge in [0.05, 0.1) is 6.54 Å². The summed E-state index contributed by atoms with van der Waals surface area (Å²) in [5.74, 6) is 1.57. The molecule has 0 bridgehead atoms. The number of pyridine rings is 1. The first-order valence-corrected chi connectivity index (χ1v) is 10.3. The summed E-state index contributed by atoms with van der Waals surface area (Å²) < 4.78 is 19.4. The van der Waals surface area contributed by atoms with Gasteiger partial charge in [-0.1, -0.05) is 18.2 Å². The van der Waals surface area contributed by atoms with Gasteiger partial charge in [-0.3, -0.25) is 4.99 Å². The molecular weight excluding hydrogens is 510 g/mol. The highest BCUT2D eigenvalue weighted by molar-refractivity contribution is 14.0. The average molecular weight is 542 g/mol. The monoisotopic (exact) mass is 542 g/mol. The van der Waals surface area contributed by atoms with E-state index in [4.69, 9.17) is 4.74 Å². The van der Waals surface area contributed by atoms with Crippen LogP contribution >= 0.6 is 24.0 Å². The molecule has 2 N–H and O–H groups in total. The maximum absolute atomic E-state index is 13.7. The predicted octanol–water partition coefficient (Wildman–Crippen LogP) is 2.72. The molecule has 1 atom stereocenters. The van der Waals surface area contributed by atoms with Gasteiger partial charge in [0.25, 0.3) is 0 Å². The lowest BCUT2D eigenvalue weighted by Crippen LogP contribution is -2.45. The van der Waals surface area contributed by atoms with Gasteiger partial charge in [0.1, 0.15) is 11.9 Å². The number of nitrogens with one attached hydrogen (secondary N) is 2. The molecule has 1 aromatic carbocycles. The molecule has 0 saturated carbocycles. The number of piperazine rings is 1. The van der Waals surface area contributed by atoms with Crippen molar-refractivity contribution in [3.63, 3.8) is 0 Å². The van der Waals surface area contributed by atoms with E-state index >= 15 is 0 Å². The molecule has 0 aliphatic carbocycles. The first-order valence-electron chi connectivity index (χ1n) is 10.3. The molecule has 1 unspecified atom stereocenters. The van der Waals surface area contributed by atoms with Crippen molar-refractivity contribution in [1.82, 2.24) is 20.5 Å². The molecule has 1 fully saturated rings. The largest absolute Gasteiger partial charge is 0.486 e. The Morgan fingerprint density at radius 1 is 1.16 bits per heavy atom. The van der Waals surface area contributed by atoms with E-state index in [1.54, 1.807) is 25.2 Å². The number of nitrogens with zero attached hydrogens (tertiary/aromatic N) is 4. The summed E-state index contributed by atoms with van der Waals surface area (Å²) in [7, 11) is 3.87. The molecule has 1 aliphatic heterocycles. The van der Waals surface area contributed by atoms with Crippen LogP contribution in [0.4, 0.5) is 10.2 Å². The van der Waals surface area contributed by atoms with Crippen molar-refractivity contribution in [3.8, 4) is 5.75 Å². The van der Waals surface area contributed by atoms with E-state index in [2.05, 4.69) is 43.5 Å². The van der Waals surface area contributed by atoms with E-state index < -0.39 is 0 Å². The molecule has 170 valence electrons. The van der Waals surface area contributed by atoms with Crippen LogP contribution in [0.2, 0.25) is 0 Å². The van der Waals surface area contributed by atoms with Crippen LogP contribution in [-0.2, 0) is 6.54 Å². The number of benzene rings is 1. The van der Waals surface area contributed by atoms with E-state index in [0.29, 0.717) is 19.0 Å². The maximum Gasteiger partial charge on any atom is 0.191 e. The molecular formula is C22H32FIN6O. The molecule has 1 saturated heterocycles. The van der Waals surface area contributed by atoms with Crippen molar-refractivity contribution >= 4 is 35.8 Å². The van der Waals surface area contributed by atoms with E-state index in [1.807, 2.05) is 19.2 Å². The average Bonchev–Trinajstić information content (AvgIpc) is 2.76. The van der Waals surface area contributed by atoms with Crippen LogP contribution < -0.4 is 20.3 Å². The fourth-order valence-electron chi connectivity index (χ4n) is 3.31. The fourth-order valence-corrected chi connectivity index (χ4v) is 3.31. The highest BCUT2D eigenvalue weighted by Crippen LogP contribution is 2.19. The Labute approximate surface area is 201 Å². The zero-order valence-electron chi connectivity index (χ0n) is 18.3. The molecule has 31 heavy (non-hydrogen) atoms. The molecule has 1 aromatic heterocycles.